The Hall–Kier alpha value is -4.20. The van der Waals surface area contributed by atoms with Crippen molar-refractivity contribution in [2.75, 3.05) is 0 Å². The number of hydrogen-bond acceptors (Lipinski definition) is 5. The summed E-state index contributed by atoms with van der Waals surface area (Å²) in [7, 11) is 1.94. The Bertz CT molecular complexity index is 1650. The first kappa shape index (κ1) is 19.3. The first-order valence-electron chi connectivity index (χ1n) is 11.5. The second-order valence-corrected chi connectivity index (χ2v) is 8.83. The molecule has 34 heavy (non-hydrogen) atoms. The van der Waals surface area contributed by atoms with Gasteiger partial charge in [0.2, 0.25) is 0 Å². The van der Waals surface area contributed by atoms with Gasteiger partial charge in [0.1, 0.15) is 5.75 Å². The lowest BCUT2D eigenvalue weighted by atomic mass is 9.82. The molecule has 1 amide bonds. The number of aryl methyl sites for hydroxylation is 4. The molecule has 0 bridgehead atoms. The molecule has 2 aromatic carbocycles. The highest BCUT2D eigenvalue weighted by Crippen LogP contribution is 2.47. The Morgan fingerprint density at radius 1 is 1.12 bits per heavy atom. The van der Waals surface area contributed by atoms with Crippen molar-refractivity contribution in [1.82, 2.24) is 29.6 Å². The minimum absolute atomic E-state index is 0.00709. The van der Waals surface area contributed by atoms with E-state index < -0.39 is 0 Å². The number of rotatable bonds is 3. The summed E-state index contributed by atoms with van der Waals surface area (Å²) < 4.78 is 10.2. The quantitative estimate of drug-likeness (QED) is 0.446. The van der Waals surface area contributed by atoms with Crippen LogP contribution in [-0.4, -0.2) is 30.2 Å². The molecule has 3 aromatic heterocycles. The summed E-state index contributed by atoms with van der Waals surface area (Å²) in [6.45, 7) is 3.51. The Balaban J connectivity index is 1.57. The Labute approximate surface area is 195 Å². The Kier molecular flexibility index (Phi) is 3.91. The molecule has 7 rings (SSSR count). The van der Waals surface area contributed by atoms with E-state index in [1.54, 1.807) is 18.5 Å². The van der Waals surface area contributed by atoms with E-state index in [0.717, 1.165) is 63.6 Å². The molecule has 8 nitrogen and oxygen atoms in total. The standard InChI is InChI=1S/C26H22N6O2/c1-3-32-20-8-5-14(34-26-27-9-4-10-28-26)11-16(20)22-17-12-29-25(33)23(17)21-15(24(22)32)6-7-19-18(21)13-31(2)30-19/h4-5,8-11,13H,3,6-7,12H2,1-2H3,(H,29,33). The van der Waals surface area contributed by atoms with E-state index >= 15 is 0 Å². The monoisotopic (exact) mass is 450 g/mol. The van der Waals surface area contributed by atoms with E-state index in [0.29, 0.717) is 18.3 Å². The summed E-state index contributed by atoms with van der Waals surface area (Å²) in [6, 6.07) is 8.17. The Morgan fingerprint density at radius 3 is 2.79 bits per heavy atom. The van der Waals surface area contributed by atoms with Gasteiger partial charge >= 0.3 is 6.01 Å². The van der Waals surface area contributed by atoms with Gasteiger partial charge in [-0.15, -0.1) is 0 Å². The number of hydrogen-bond donors (Lipinski definition) is 1. The van der Waals surface area contributed by atoms with Crippen LogP contribution in [0.1, 0.15) is 34.1 Å². The van der Waals surface area contributed by atoms with Gasteiger partial charge < -0.3 is 14.6 Å². The third-order valence-electron chi connectivity index (χ3n) is 6.98. The van der Waals surface area contributed by atoms with Crippen LogP contribution >= 0.6 is 0 Å². The first-order chi connectivity index (χ1) is 16.6. The number of aromatic nitrogens is 5. The molecule has 0 saturated heterocycles. The number of nitrogens with one attached hydrogen (secondary N) is 1. The van der Waals surface area contributed by atoms with E-state index in [9.17, 15) is 4.79 Å². The molecule has 0 fully saturated rings. The number of carbonyl (C=O) groups excluding carboxylic acids is 1. The molecule has 0 atom stereocenters. The van der Waals surface area contributed by atoms with Crippen LogP contribution in [0.3, 0.4) is 0 Å². The predicted molar refractivity (Wildman–Crippen MR) is 128 cm³/mol. The van der Waals surface area contributed by atoms with E-state index in [1.807, 2.05) is 23.9 Å². The van der Waals surface area contributed by atoms with Crippen LogP contribution in [-0.2, 0) is 33.0 Å². The molecular formula is C26H22N6O2. The van der Waals surface area contributed by atoms with Crippen LogP contribution in [0, 0.1) is 0 Å². The highest BCUT2D eigenvalue weighted by Gasteiger charge is 2.35. The van der Waals surface area contributed by atoms with E-state index in [-0.39, 0.29) is 5.91 Å². The second-order valence-electron chi connectivity index (χ2n) is 8.83. The first-order valence-corrected chi connectivity index (χ1v) is 11.5. The van der Waals surface area contributed by atoms with Gasteiger partial charge in [-0.05, 0) is 55.2 Å². The fourth-order valence-electron chi connectivity index (χ4n) is 5.73. The number of ether oxygens (including phenoxy) is 1. The summed E-state index contributed by atoms with van der Waals surface area (Å²) in [5, 5.41) is 9.97. The average molecular weight is 451 g/mol. The molecule has 0 spiro atoms. The van der Waals surface area contributed by atoms with Crippen LogP contribution in [0.15, 0.2) is 42.9 Å². The van der Waals surface area contributed by atoms with Gasteiger partial charge in [0, 0.05) is 66.1 Å². The molecule has 1 aliphatic heterocycles. The number of nitrogens with zero attached hydrogens (tertiary/aromatic N) is 5. The van der Waals surface area contributed by atoms with Gasteiger partial charge in [-0.2, -0.15) is 5.10 Å². The minimum atomic E-state index is -0.00709. The van der Waals surface area contributed by atoms with Crippen molar-refractivity contribution < 1.29 is 9.53 Å². The van der Waals surface area contributed by atoms with Crippen LogP contribution in [0.2, 0.25) is 0 Å². The molecule has 8 heteroatoms. The van der Waals surface area contributed by atoms with E-state index in [2.05, 4.69) is 44.1 Å². The van der Waals surface area contributed by atoms with E-state index in [4.69, 9.17) is 4.74 Å². The molecule has 1 N–H and O–H groups in total. The summed E-state index contributed by atoms with van der Waals surface area (Å²) in [4.78, 5) is 21.5. The van der Waals surface area contributed by atoms with Crippen molar-refractivity contribution in [2.45, 2.75) is 32.9 Å². The topological polar surface area (TPSA) is 86.9 Å². The van der Waals surface area contributed by atoms with Crippen molar-refractivity contribution >= 4 is 27.7 Å². The highest BCUT2D eigenvalue weighted by atomic mass is 16.5. The summed E-state index contributed by atoms with van der Waals surface area (Å²) in [5.41, 5.74) is 8.63. The van der Waals surface area contributed by atoms with Crippen LogP contribution < -0.4 is 10.1 Å². The number of carbonyl (C=O) groups is 1. The predicted octanol–water partition coefficient (Wildman–Crippen LogP) is 4.14. The normalized spacial score (nSPS) is 14.2. The molecule has 0 unspecified atom stereocenters. The molecular weight excluding hydrogens is 428 g/mol. The van der Waals surface area contributed by atoms with Crippen molar-refractivity contribution in [3.63, 3.8) is 0 Å². The maximum absolute atomic E-state index is 13.1. The lowest BCUT2D eigenvalue weighted by molar-refractivity contribution is 0.0966. The molecule has 1 aliphatic carbocycles. The summed E-state index contributed by atoms with van der Waals surface area (Å²) >= 11 is 0. The van der Waals surface area contributed by atoms with Crippen LogP contribution in [0.25, 0.3) is 32.9 Å². The molecule has 2 aliphatic rings. The fourth-order valence-corrected chi connectivity index (χ4v) is 5.73. The van der Waals surface area contributed by atoms with Crippen LogP contribution in [0.5, 0.6) is 11.8 Å². The van der Waals surface area contributed by atoms with Gasteiger partial charge in [-0.3, -0.25) is 9.48 Å². The maximum Gasteiger partial charge on any atom is 0.321 e. The van der Waals surface area contributed by atoms with Crippen molar-refractivity contribution in [3.05, 3.63) is 65.2 Å². The van der Waals surface area contributed by atoms with E-state index in [1.165, 1.54) is 11.1 Å². The fraction of sp³-hybridized carbons (Fsp3) is 0.231. The highest BCUT2D eigenvalue weighted by molar-refractivity contribution is 6.19. The average Bonchev–Trinajstić information content (AvgIpc) is 3.51. The summed E-state index contributed by atoms with van der Waals surface area (Å²) in [5.74, 6) is 0.666. The van der Waals surface area contributed by atoms with Crippen molar-refractivity contribution in [1.29, 1.82) is 0 Å². The zero-order valence-electron chi connectivity index (χ0n) is 18.9. The minimum Gasteiger partial charge on any atom is -0.424 e. The van der Waals surface area contributed by atoms with Gasteiger partial charge in [0.25, 0.3) is 5.91 Å². The molecule has 0 saturated carbocycles. The Morgan fingerprint density at radius 2 is 1.97 bits per heavy atom. The van der Waals surface area contributed by atoms with Gasteiger partial charge in [0.15, 0.2) is 0 Å². The SMILES string of the molecule is CCn1c2ccc(Oc3ncccn3)cc2c2c3c(c4c(c21)CCc1nn(C)cc1-4)C(=O)NC3. The van der Waals surface area contributed by atoms with Crippen LogP contribution in [0.4, 0.5) is 0 Å². The van der Waals surface area contributed by atoms with Gasteiger partial charge in [-0.1, -0.05) is 0 Å². The van der Waals surface area contributed by atoms with Gasteiger partial charge in [0.05, 0.1) is 16.8 Å². The number of benzene rings is 2. The molecule has 4 heterocycles. The molecule has 168 valence electrons. The molecule has 5 aromatic rings. The largest absolute Gasteiger partial charge is 0.424 e. The van der Waals surface area contributed by atoms with Crippen molar-refractivity contribution in [2.24, 2.45) is 7.05 Å². The lowest BCUT2D eigenvalue weighted by Crippen LogP contribution is -2.15. The summed E-state index contributed by atoms with van der Waals surface area (Å²) in [6.07, 6.45) is 7.09. The number of fused-ring (bicyclic) bond motifs is 10. The molecule has 0 radical (unpaired) electrons. The number of amides is 1. The zero-order chi connectivity index (χ0) is 23.0. The third-order valence-corrected chi connectivity index (χ3v) is 6.98. The third kappa shape index (κ3) is 2.53. The second kappa shape index (κ2) is 6.90. The smallest absolute Gasteiger partial charge is 0.321 e. The maximum atomic E-state index is 13.1. The van der Waals surface area contributed by atoms with Gasteiger partial charge in [-0.25, -0.2) is 9.97 Å². The lowest BCUT2D eigenvalue weighted by Gasteiger charge is -2.21. The zero-order valence-corrected chi connectivity index (χ0v) is 18.9. The van der Waals surface area contributed by atoms with Crippen molar-refractivity contribution in [3.8, 4) is 22.9 Å².